The van der Waals surface area contributed by atoms with Crippen LogP contribution in [-0.4, -0.2) is 58.9 Å². The van der Waals surface area contributed by atoms with Crippen LogP contribution in [0.4, 0.5) is 5.95 Å². The number of piperazine rings is 1. The highest BCUT2D eigenvalue weighted by atomic mass is 16.7. The lowest BCUT2D eigenvalue weighted by molar-refractivity contribution is -0.143. The van der Waals surface area contributed by atoms with E-state index in [2.05, 4.69) is 14.9 Å². The molecule has 2 aliphatic rings. The predicted molar refractivity (Wildman–Crippen MR) is 88.8 cm³/mol. The van der Waals surface area contributed by atoms with Crippen molar-refractivity contribution in [2.45, 2.75) is 6.04 Å². The third-order valence-corrected chi connectivity index (χ3v) is 4.46. The van der Waals surface area contributed by atoms with Gasteiger partial charge in [-0.25, -0.2) is 9.97 Å². The molecule has 1 aromatic carbocycles. The molecule has 0 aliphatic carbocycles. The molecule has 0 bridgehead atoms. The van der Waals surface area contributed by atoms with Crippen LogP contribution < -0.4 is 14.4 Å². The minimum Gasteiger partial charge on any atom is -0.480 e. The van der Waals surface area contributed by atoms with Crippen molar-refractivity contribution < 1.29 is 19.4 Å². The highest BCUT2D eigenvalue weighted by molar-refractivity contribution is 5.76. The molecule has 0 saturated carbocycles. The summed E-state index contributed by atoms with van der Waals surface area (Å²) < 4.78 is 10.7. The fraction of sp³-hybridized carbons (Fsp3) is 0.353. The van der Waals surface area contributed by atoms with Crippen molar-refractivity contribution in [2.24, 2.45) is 0 Å². The Morgan fingerprint density at radius 2 is 1.80 bits per heavy atom. The fourth-order valence-electron chi connectivity index (χ4n) is 3.23. The Kier molecular flexibility index (Phi) is 4.10. The van der Waals surface area contributed by atoms with Crippen molar-refractivity contribution in [3.63, 3.8) is 0 Å². The Morgan fingerprint density at radius 1 is 1.08 bits per heavy atom. The van der Waals surface area contributed by atoms with Gasteiger partial charge >= 0.3 is 5.97 Å². The highest BCUT2D eigenvalue weighted by Crippen LogP contribution is 2.35. The number of aromatic nitrogens is 2. The van der Waals surface area contributed by atoms with Crippen LogP contribution in [0.2, 0.25) is 0 Å². The molecular weight excluding hydrogens is 324 g/mol. The van der Waals surface area contributed by atoms with E-state index in [4.69, 9.17) is 9.47 Å². The molecule has 1 fully saturated rings. The third kappa shape index (κ3) is 3.08. The molecule has 1 saturated heterocycles. The summed E-state index contributed by atoms with van der Waals surface area (Å²) >= 11 is 0. The minimum atomic E-state index is -0.872. The van der Waals surface area contributed by atoms with Crippen LogP contribution in [0, 0.1) is 0 Å². The first-order valence-corrected chi connectivity index (χ1v) is 8.11. The first-order valence-electron chi connectivity index (χ1n) is 8.11. The molecule has 8 nitrogen and oxygen atoms in total. The number of carboxylic acid groups (broad SMARTS) is 1. The quantitative estimate of drug-likeness (QED) is 0.885. The van der Waals surface area contributed by atoms with Crippen molar-refractivity contribution in [3.05, 3.63) is 42.2 Å². The Bertz CT molecular complexity index is 762. The van der Waals surface area contributed by atoms with Gasteiger partial charge in [0.15, 0.2) is 11.5 Å². The fourth-order valence-corrected chi connectivity index (χ4v) is 3.23. The Hall–Kier alpha value is -2.87. The summed E-state index contributed by atoms with van der Waals surface area (Å²) in [5, 5.41) is 9.76. The lowest BCUT2D eigenvalue weighted by atomic mass is 10.0. The molecule has 0 unspecified atom stereocenters. The highest BCUT2D eigenvalue weighted by Gasteiger charge is 2.32. The molecule has 130 valence electrons. The summed E-state index contributed by atoms with van der Waals surface area (Å²) in [5.74, 6) is 1.05. The summed E-state index contributed by atoms with van der Waals surface area (Å²) in [6.45, 7) is 2.76. The van der Waals surface area contributed by atoms with Gasteiger partial charge in [-0.2, -0.15) is 0 Å². The van der Waals surface area contributed by atoms with Crippen LogP contribution in [0.1, 0.15) is 11.6 Å². The Balaban J connectivity index is 1.50. The van der Waals surface area contributed by atoms with E-state index < -0.39 is 12.0 Å². The molecule has 1 N–H and O–H groups in total. The van der Waals surface area contributed by atoms with Gasteiger partial charge in [0, 0.05) is 38.6 Å². The number of carbonyl (C=O) groups is 1. The number of nitrogens with zero attached hydrogens (tertiary/aromatic N) is 4. The monoisotopic (exact) mass is 342 g/mol. The number of rotatable bonds is 4. The number of ether oxygens (including phenoxy) is 2. The normalized spacial score (nSPS) is 18.2. The summed E-state index contributed by atoms with van der Waals surface area (Å²) in [6, 6.07) is 6.38. The number of hydrogen-bond acceptors (Lipinski definition) is 7. The summed E-state index contributed by atoms with van der Waals surface area (Å²) in [7, 11) is 0. The zero-order valence-corrected chi connectivity index (χ0v) is 13.5. The van der Waals surface area contributed by atoms with Crippen molar-refractivity contribution in [3.8, 4) is 11.5 Å². The molecular formula is C17H18N4O4. The van der Waals surface area contributed by atoms with Crippen LogP contribution in [0.5, 0.6) is 11.5 Å². The minimum absolute atomic E-state index is 0.173. The molecule has 4 rings (SSSR count). The van der Waals surface area contributed by atoms with Gasteiger partial charge in [0.05, 0.1) is 0 Å². The zero-order valence-electron chi connectivity index (χ0n) is 13.5. The van der Waals surface area contributed by atoms with Crippen molar-refractivity contribution in [1.82, 2.24) is 14.9 Å². The van der Waals surface area contributed by atoms with Crippen LogP contribution in [-0.2, 0) is 4.79 Å². The first kappa shape index (κ1) is 15.6. The van der Waals surface area contributed by atoms with E-state index >= 15 is 0 Å². The Labute approximate surface area is 144 Å². The van der Waals surface area contributed by atoms with E-state index in [1.807, 2.05) is 4.90 Å². The maximum absolute atomic E-state index is 11.9. The van der Waals surface area contributed by atoms with Gasteiger partial charge in [-0.05, 0) is 23.8 Å². The molecule has 1 aromatic heterocycles. The van der Waals surface area contributed by atoms with Crippen LogP contribution in [0.25, 0.3) is 0 Å². The number of benzene rings is 1. The van der Waals surface area contributed by atoms with Crippen molar-refractivity contribution in [1.29, 1.82) is 0 Å². The van der Waals surface area contributed by atoms with E-state index in [0.29, 0.717) is 49.2 Å². The van der Waals surface area contributed by atoms with Crippen molar-refractivity contribution >= 4 is 11.9 Å². The molecule has 2 aromatic rings. The first-order chi connectivity index (χ1) is 12.2. The summed E-state index contributed by atoms with van der Waals surface area (Å²) in [6.07, 6.45) is 3.42. The van der Waals surface area contributed by atoms with E-state index in [9.17, 15) is 9.90 Å². The molecule has 8 heteroatoms. The molecule has 0 radical (unpaired) electrons. The number of carboxylic acids is 1. The maximum atomic E-state index is 11.9. The lowest BCUT2D eigenvalue weighted by Gasteiger charge is -2.37. The third-order valence-electron chi connectivity index (χ3n) is 4.46. The zero-order chi connectivity index (χ0) is 17.2. The van der Waals surface area contributed by atoms with Gasteiger partial charge in [-0.15, -0.1) is 0 Å². The topological polar surface area (TPSA) is 88.0 Å². The second-order valence-electron chi connectivity index (χ2n) is 5.93. The van der Waals surface area contributed by atoms with E-state index in [1.54, 1.807) is 36.7 Å². The Morgan fingerprint density at radius 3 is 2.52 bits per heavy atom. The largest absolute Gasteiger partial charge is 0.480 e. The van der Waals surface area contributed by atoms with Gasteiger partial charge in [-0.3, -0.25) is 9.69 Å². The number of anilines is 1. The van der Waals surface area contributed by atoms with Gasteiger partial charge in [0.1, 0.15) is 6.04 Å². The van der Waals surface area contributed by atoms with E-state index in [-0.39, 0.29) is 6.79 Å². The average Bonchev–Trinajstić information content (AvgIpc) is 3.11. The van der Waals surface area contributed by atoms with Crippen LogP contribution >= 0.6 is 0 Å². The van der Waals surface area contributed by atoms with Crippen LogP contribution in [0.15, 0.2) is 36.7 Å². The molecule has 0 amide bonds. The smallest absolute Gasteiger partial charge is 0.325 e. The van der Waals surface area contributed by atoms with Gasteiger partial charge in [0.2, 0.25) is 12.7 Å². The number of aliphatic carboxylic acids is 1. The van der Waals surface area contributed by atoms with Crippen LogP contribution in [0.3, 0.4) is 0 Å². The lowest BCUT2D eigenvalue weighted by Crippen LogP contribution is -2.49. The average molecular weight is 342 g/mol. The van der Waals surface area contributed by atoms with E-state index in [0.717, 1.165) is 0 Å². The summed E-state index contributed by atoms with van der Waals surface area (Å²) in [4.78, 5) is 24.4. The van der Waals surface area contributed by atoms with E-state index in [1.165, 1.54) is 0 Å². The molecule has 0 spiro atoms. The molecule has 2 aliphatic heterocycles. The van der Waals surface area contributed by atoms with Gasteiger partial charge in [0.25, 0.3) is 0 Å². The predicted octanol–water partition coefficient (Wildman–Crippen LogP) is 1.15. The van der Waals surface area contributed by atoms with Gasteiger partial charge in [-0.1, -0.05) is 6.07 Å². The second-order valence-corrected chi connectivity index (χ2v) is 5.93. The maximum Gasteiger partial charge on any atom is 0.325 e. The van der Waals surface area contributed by atoms with Gasteiger partial charge < -0.3 is 19.5 Å². The number of hydrogen-bond donors (Lipinski definition) is 1. The SMILES string of the molecule is O=C(O)[C@@H](c1ccc2c(c1)OCO2)N1CCN(c2ncccn2)CC1. The second kappa shape index (κ2) is 6.56. The number of fused-ring (bicyclic) bond motifs is 1. The van der Waals surface area contributed by atoms with Crippen molar-refractivity contribution in [2.75, 3.05) is 37.9 Å². The summed E-state index contributed by atoms with van der Waals surface area (Å²) in [5.41, 5.74) is 0.696. The molecule has 3 heterocycles. The standard InChI is InChI=1S/C17H18N4O4/c22-16(23)15(12-2-3-13-14(10-12)25-11-24-13)20-6-8-21(9-7-20)17-18-4-1-5-19-17/h1-5,10,15H,6-9,11H2,(H,22,23)/t15-/m1/s1. The molecule has 1 atom stereocenters. The molecule has 25 heavy (non-hydrogen) atoms.